The Kier molecular flexibility index (Phi) is 3.51. The van der Waals surface area contributed by atoms with Crippen molar-refractivity contribution < 1.29 is 10.2 Å². The van der Waals surface area contributed by atoms with Gasteiger partial charge < -0.3 is 10.2 Å². The third-order valence-electron chi connectivity index (χ3n) is 3.53. The van der Waals surface area contributed by atoms with Crippen molar-refractivity contribution in [2.24, 2.45) is 9.98 Å². The highest BCUT2D eigenvalue weighted by Gasteiger charge is 2.13. The highest BCUT2D eigenvalue weighted by atomic mass is 32.1. The Balaban J connectivity index is 1.80. The Morgan fingerprint density at radius 3 is 2.21 bits per heavy atom. The molecule has 0 bridgehead atoms. The predicted molar refractivity (Wildman–Crippen MR) is 94.5 cm³/mol. The molecule has 5 nitrogen and oxygen atoms in total. The van der Waals surface area contributed by atoms with Crippen molar-refractivity contribution in [3.8, 4) is 17.3 Å². The Bertz CT molecular complexity index is 1100. The van der Waals surface area contributed by atoms with Crippen molar-refractivity contribution >= 4 is 29.6 Å². The van der Waals surface area contributed by atoms with Gasteiger partial charge in [-0.3, -0.25) is 4.57 Å². The predicted octanol–water partition coefficient (Wildman–Crippen LogP) is 2.93. The van der Waals surface area contributed by atoms with Crippen LogP contribution in [0.2, 0.25) is 0 Å². The molecule has 2 N–H and O–H groups in total. The zero-order valence-electron chi connectivity index (χ0n) is 12.2. The van der Waals surface area contributed by atoms with Crippen molar-refractivity contribution in [2.45, 2.75) is 0 Å². The average Bonchev–Trinajstić information content (AvgIpc) is 3.09. The molecule has 0 fully saturated rings. The fourth-order valence-corrected chi connectivity index (χ4v) is 3.69. The molecule has 0 spiro atoms. The van der Waals surface area contributed by atoms with Gasteiger partial charge in [0.1, 0.15) is 5.75 Å². The Morgan fingerprint density at radius 2 is 1.58 bits per heavy atom. The van der Waals surface area contributed by atoms with Gasteiger partial charge in [0.25, 0.3) is 0 Å². The van der Waals surface area contributed by atoms with E-state index in [4.69, 9.17) is 12.2 Å². The Labute approximate surface area is 145 Å². The van der Waals surface area contributed by atoms with Gasteiger partial charge >= 0.3 is 0 Å². The molecule has 0 amide bonds. The summed E-state index contributed by atoms with van der Waals surface area (Å²) in [7, 11) is 0. The molecular formula is C17H11N3O2S2. The van der Waals surface area contributed by atoms with E-state index < -0.39 is 0 Å². The molecule has 0 atom stereocenters. The number of phenolic OH excluding ortho intramolecular Hbond substituents is 1. The minimum absolute atomic E-state index is 0.0320. The smallest absolute Gasteiger partial charge is 0.215 e. The SMILES string of the molecule is Oc1ccc(-n2c(O)c(C=C3N=c4ccccc4=N3)sc2=S)cc1. The normalized spacial score (nSPS) is 12.4. The van der Waals surface area contributed by atoms with Gasteiger partial charge in [0.15, 0.2) is 9.78 Å². The molecule has 0 unspecified atom stereocenters. The molecule has 2 heterocycles. The van der Waals surface area contributed by atoms with Gasteiger partial charge in [-0.15, -0.1) is 11.3 Å². The number of aromatic nitrogens is 1. The molecule has 24 heavy (non-hydrogen) atoms. The molecule has 118 valence electrons. The second kappa shape index (κ2) is 5.70. The van der Waals surface area contributed by atoms with E-state index in [9.17, 15) is 10.2 Å². The number of hydrogen-bond donors (Lipinski definition) is 2. The molecule has 1 aromatic heterocycles. The highest BCUT2D eigenvalue weighted by molar-refractivity contribution is 7.73. The minimum Gasteiger partial charge on any atom is -0.508 e. The van der Waals surface area contributed by atoms with Crippen LogP contribution in [-0.2, 0) is 0 Å². The number of fused-ring (bicyclic) bond motifs is 1. The van der Waals surface area contributed by atoms with Gasteiger partial charge in [-0.25, -0.2) is 9.98 Å². The summed E-state index contributed by atoms with van der Waals surface area (Å²) in [4.78, 5) is 9.44. The van der Waals surface area contributed by atoms with Gasteiger partial charge in [-0.1, -0.05) is 12.1 Å². The fourth-order valence-electron chi connectivity index (χ4n) is 2.41. The van der Waals surface area contributed by atoms with Gasteiger partial charge in [0.05, 0.1) is 21.3 Å². The van der Waals surface area contributed by atoms with E-state index in [1.165, 1.54) is 11.3 Å². The number of rotatable bonds is 2. The fraction of sp³-hybridized carbons (Fsp3) is 0. The van der Waals surface area contributed by atoms with Gasteiger partial charge in [-0.2, -0.15) is 0 Å². The van der Waals surface area contributed by atoms with Crippen LogP contribution in [0, 0.1) is 3.95 Å². The lowest BCUT2D eigenvalue weighted by Gasteiger charge is -2.04. The third-order valence-corrected chi connectivity index (χ3v) is 4.84. The molecule has 3 aromatic rings. The zero-order valence-corrected chi connectivity index (χ0v) is 13.9. The van der Waals surface area contributed by atoms with Crippen LogP contribution in [0.25, 0.3) is 11.8 Å². The first kappa shape index (κ1) is 14.8. The van der Waals surface area contributed by atoms with Crippen LogP contribution < -0.4 is 10.7 Å². The van der Waals surface area contributed by atoms with Crippen molar-refractivity contribution in [1.29, 1.82) is 0 Å². The number of aromatic hydroxyl groups is 2. The Morgan fingerprint density at radius 1 is 0.958 bits per heavy atom. The van der Waals surface area contributed by atoms with Crippen LogP contribution in [0.1, 0.15) is 4.88 Å². The lowest BCUT2D eigenvalue weighted by molar-refractivity contribution is 0.440. The number of hydrogen-bond acceptors (Lipinski definition) is 6. The molecule has 4 rings (SSSR count). The van der Waals surface area contributed by atoms with E-state index in [1.54, 1.807) is 34.9 Å². The maximum Gasteiger partial charge on any atom is 0.215 e. The van der Waals surface area contributed by atoms with Crippen molar-refractivity contribution in [3.63, 3.8) is 0 Å². The second-order valence-corrected chi connectivity index (χ2v) is 6.80. The van der Waals surface area contributed by atoms with Crippen molar-refractivity contribution in [2.75, 3.05) is 0 Å². The van der Waals surface area contributed by atoms with Crippen LogP contribution in [0.3, 0.4) is 0 Å². The maximum atomic E-state index is 10.5. The summed E-state index contributed by atoms with van der Waals surface area (Å²) in [5, 5.41) is 21.5. The molecule has 1 aliphatic rings. The van der Waals surface area contributed by atoms with Crippen molar-refractivity contribution in [3.05, 3.63) is 73.9 Å². The lowest BCUT2D eigenvalue weighted by atomic mass is 10.3. The summed E-state index contributed by atoms with van der Waals surface area (Å²) < 4.78 is 2.05. The number of nitrogens with zero attached hydrogens (tertiary/aromatic N) is 3. The summed E-state index contributed by atoms with van der Waals surface area (Å²) in [6.07, 6.45) is 1.71. The quantitative estimate of drug-likeness (QED) is 0.696. The van der Waals surface area contributed by atoms with Crippen molar-refractivity contribution in [1.82, 2.24) is 4.57 Å². The molecule has 2 aromatic carbocycles. The van der Waals surface area contributed by atoms with Crippen LogP contribution in [0.15, 0.2) is 64.3 Å². The number of phenols is 1. The first-order valence-electron chi connectivity index (χ1n) is 7.10. The van der Waals surface area contributed by atoms with E-state index in [2.05, 4.69) is 9.98 Å². The largest absolute Gasteiger partial charge is 0.508 e. The van der Waals surface area contributed by atoms with Crippen LogP contribution in [0.5, 0.6) is 11.6 Å². The monoisotopic (exact) mass is 353 g/mol. The maximum absolute atomic E-state index is 10.5. The van der Waals surface area contributed by atoms with E-state index in [1.807, 2.05) is 24.3 Å². The van der Waals surface area contributed by atoms with Crippen LogP contribution in [-0.4, -0.2) is 14.8 Å². The van der Waals surface area contributed by atoms with E-state index in [0.717, 1.165) is 10.7 Å². The summed E-state index contributed by atoms with van der Waals surface area (Å²) in [6.45, 7) is 0. The second-order valence-electron chi connectivity index (χ2n) is 5.12. The molecule has 0 saturated carbocycles. The van der Waals surface area contributed by atoms with Gasteiger partial charge in [0, 0.05) is 6.08 Å². The van der Waals surface area contributed by atoms with E-state index in [-0.39, 0.29) is 11.6 Å². The van der Waals surface area contributed by atoms with Crippen LogP contribution in [0.4, 0.5) is 0 Å². The van der Waals surface area contributed by atoms with Gasteiger partial charge in [0.2, 0.25) is 5.88 Å². The number of para-hydroxylation sites is 2. The molecule has 0 radical (unpaired) electrons. The lowest BCUT2D eigenvalue weighted by Crippen LogP contribution is -2.19. The molecule has 0 aliphatic carbocycles. The standard InChI is InChI=1S/C17H11N3O2S2/c21-11-7-5-10(6-8-11)20-16(22)14(24-17(20)23)9-15-18-12-3-1-2-4-13(12)19-15/h1-9,21-22H. The first-order chi connectivity index (χ1) is 11.6. The van der Waals surface area contributed by atoms with Gasteiger partial charge in [-0.05, 0) is 48.6 Å². The summed E-state index contributed by atoms with van der Waals surface area (Å²) >= 11 is 6.63. The first-order valence-corrected chi connectivity index (χ1v) is 8.33. The Hall–Kier alpha value is -2.77. The molecule has 7 heteroatoms. The van der Waals surface area contributed by atoms with E-state index >= 15 is 0 Å². The molecule has 1 aliphatic heterocycles. The number of benzene rings is 2. The van der Waals surface area contributed by atoms with Crippen LogP contribution >= 0.6 is 23.6 Å². The van der Waals surface area contributed by atoms with E-state index in [0.29, 0.717) is 20.3 Å². The number of thiazole rings is 1. The summed E-state index contributed by atoms with van der Waals surface area (Å²) in [6, 6.07) is 14.1. The molecular weight excluding hydrogens is 342 g/mol. The third kappa shape index (κ3) is 2.53. The minimum atomic E-state index is 0.0320. The topological polar surface area (TPSA) is 70.1 Å². The average molecular weight is 353 g/mol. The zero-order chi connectivity index (χ0) is 16.7. The summed E-state index contributed by atoms with van der Waals surface area (Å²) in [5.41, 5.74) is 0.680. The summed E-state index contributed by atoms with van der Waals surface area (Å²) in [5.74, 6) is 0.716. The highest BCUT2D eigenvalue weighted by Crippen LogP contribution is 2.32. The molecule has 0 saturated heterocycles.